The summed E-state index contributed by atoms with van der Waals surface area (Å²) in [5.41, 5.74) is 1.72. The minimum absolute atomic E-state index is 0.187. The number of hydrogen-bond donors (Lipinski definition) is 1. The van der Waals surface area contributed by atoms with Gasteiger partial charge in [0.1, 0.15) is 18.2 Å². The molecule has 32 heavy (non-hydrogen) atoms. The Morgan fingerprint density at radius 3 is 2.34 bits per heavy atom. The fourth-order valence-electron chi connectivity index (χ4n) is 3.47. The third kappa shape index (κ3) is 5.15. The van der Waals surface area contributed by atoms with Crippen LogP contribution in [0.3, 0.4) is 0 Å². The number of carbonyl (C=O) groups is 1. The molecular weight excluding hydrogens is 431 g/mol. The first-order valence-electron chi connectivity index (χ1n) is 10.3. The number of amides is 1. The van der Waals surface area contributed by atoms with Gasteiger partial charge < -0.3 is 10.1 Å². The van der Waals surface area contributed by atoms with Gasteiger partial charge in [0.05, 0.1) is 4.90 Å². The Kier molecular flexibility index (Phi) is 6.53. The lowest BCUT2D eigenvalue weighted by atomic mass is 10.2. The molecule has 1 aliphatic rings. The van der Waals surface area contributed by atoms with Crippen molar-refractivity contribution >= 4 is 21.6 Å². The first-order chi connectivity index (χ1) is 15.4. The zero-order valence-electron chi connectivity index (χ0n) is 17.3. The normalized spacial score (nSPS) is 14.3. The summed E-state index contributed by atoms with van der Waals surface area (Å²) >= 11 is 0. The second-order valence-corrected chi connectivity index (χ2v) is 9.47. The summed E-state index contributed by atoms with van der Waals surface area (Å²) in [6.07, 6.45) is 1.73. The van der Waals surface area contributed by atoms with E-state index in [0.29, 0.717) is 30.1 Å². The molecule has 1 amide bonds. The molecule has 1 aliphatic heterocycles. The van der Waals surface area contributed by atoms with Gasteiger partial charge >= 0.3 is 0 Å². The van der Waals surface area contributed by atoms with Gasteiger partial charge in [0, 0.05) is 30.4 Å². The molecule has 0 bridgehead atoms. The Morgan fingerprint density at radius 2 is 1.66 bits per heavy atom. The summed E-state index contributed by atoms with van der Waals surface area (Å²) in [5, 5.41) is 2.79. The van der Waals surface area contributed by atoms with Crippen molar-refractivity contribution in [2.45, 2.75) is 24.3 Å². The van der Waals surface area contributed by atoms with E-state index in [0.717, 1.165) is 18.4 Å². The van der Waals surface area contributed by atoms with E-state index < -0.39 is 10.0 Å². The number of anilines is 1. The SMILES string of the molecule is O=C(Nc1cccc(OCc2ccc(F)cc2)c1)c1ccc(S(=O)(=O)N2CCCC2)cc1. The van der Waals surface area contributed by atoms with Crippen molar-refractivity contribution in [3.63, 3.8) is 0 Å². The highest BCUT2D eigenvalue weighted by molar-refractivity contribution is 7.89. The molecule has 0 atom stereocenters. The van der Waals surface area contributed by atoms with Crippen molar-refractivity contribution in [2.24, 2.45) is 0 Å². The minimum atomic E-state index is -3.51. The molecule has 3 aromatic carbocycles. The van der Waals surface area contributed by atoms with E-state index in [1.165, 1.54) is 40.7 Å². The molecule has 1 N–H and O–H groups in total. The number of carbonyl (C=O) groups excluding carboxylic acids is 1. The van der Waals surface area contributed by atoms with Crippen LogP contribution in [0.1, 0.15) is 28.8 Å². The molecule has 0 saturated carbocycles. The van der Waals surface area contributed by atoms with Gasteiger partial charge in [-0.15, -0.1) is 0 Å². The molecule has 8 heteroatoms. The van der Waals surface area contributed by atoms with Crippen molar-refractivity contribution in [3.05, 3.63) is 89.7 Å². The van der Waals surface area contributed by atoms with Crippen LogP contribution in [0.2, 0.25) is 0 Å². The van der Waals surface area contributed by atoms with Crippen LogP contribution in [0.4, 0.5) is 10.1 Å². The molecule has 1 fully saturated rings. The van der Waals surface area contributed by atoms with Crippen LogP contribution in [0.5, 0.6) is 5.75 Å². The highest BCUT2D eigenvalue weighted by Crippen LogP contribution is 2.22. The molecule has 6 nitrogen and oxygen atoms in total. The second kappa shape index (κ2) is 9.50. The molecule has 0 radical (unpaired) electrons. The van der Waals surface area contributed by atoms with Gasteiger partial charge in [-0.2, -0.15) is 4.31 Å². The number of ether oxygens (including phenoxy) is 1. The molecule has 4 rings (SSSR count). The number of nitrogens with zero attached hydrogens (tertiary/aromatic N) is 1. The fourth-order valence-corrected chi connectivity index (χ4v) is 4.99. The lowest BCUT2D eigenvalue weighted by molar-refractivity contribution is 0.102. The van der Waals surface area contributed by atoms with Crippen LogP contribution < -0.4 is 10.1 Å². The Balaban J connectivity index is 1.39. The van der Waals surface area contributed by atoms with Gasteiger partial charge in [-0.3, -0.25) is 4.79 Å². The number of sulfonamides is 1. The predicted octanol–water partition coefficient (Wildman–Crippen LogP) is 4.44. The van der Waals surface area contributed by atoms with E-state index in [1.54, 1.807) is 36.4 Å². The summed E-state index contributed by atoms with van der Waals surface area (Å²) in [6, 6.07) is 18.9. The molecule has 0 spiro atoms. The van der Waals surface area contributed by atoms with Gasteiger partial charge in [-0.1, -0.05) is 18.2 Å². The molecule has 1 heterocycles. The number of benzene rings is 3. The van der Waals surface area contributed by atoms with Gasteiger partial charge in [-0.05, 0) is 66.9 Å². The van der Waals surface area contributed by atoms with Gasteiger partial charge in [0.2, 0.25) is 10.0 Å². The average Bonchev–Trinajstić information content (AvgIpc) is 3.35. The van der Waals surface area contributed by atoms with Crippen molar-refractivity contribution in [3.8, 4) is 5.75 Å². The lowest BCUT2D eigenvalue weighted by Crippen LogP contribution is -2.27. The van der Waals surface area contributed by atoms with Crippen molar-refractivity contribution in [1.29, 1.82) is 0 Å². The van der Waals surface area contributed by atoms with Crippen molar-refractivity contribution in [2.75, 3.05) is 18.4 Å². The van der Waals surface area contributed by atoms with E-state index in [-0.39, 0.29) is 23.2 Å². The van der Waals surface area contributed by atoms with Crippen LogP contribution >= 0.6 is 0 Å². The second-order valence-electron chi connectivity index (χ2n) is 7.53. The molecule has 0 aromatic heterocycles. The zero-order chi connectivity index (χ0) is 22.6. The summed E-state index contributed by atoms with van der Waals surface area (Å²) in [5.74, 6) is -0.106. The minimum Gasteiger partial charge on any atom is -0.489 e. The first kappa shape index (κ1) is 22.0. The van der Waals surface area contributed by atoms with Crippen LogP contribution in [-0.4, -0.2) is 31.7 Å². The van der Waals surface area contributed by atoms with Crippen molar-refractivity contribution in [1.82, 2.24) is 4.31 Å². The van der Waals surface area contributed by atoms with Crippen LogP contribution in [0.25, 0.3) is 0 Å². The quantitative estimate of drug-likeness (QED) is 0.573. The number of halogens is 1. The largest absolute Gasteiger partial charge is 0.489 e. The third-order valence-electron chi connectivity index (χ3n) is 5.23. The van der Waals surface area contributed by atoms with Crippen molar-refractivity contribution < 1.29 is 22.3 Å². The molecule has 0 aliphatic carbocycles. The highest BCUT2D eigenvalue weighted by atomic mass is 32.2. The van der Waals surface area contributed by atoms with Gasteiger partial charge in [0.25, 0.3) is 5.91 Å². The average molecular weight is 455 g/mol. The Bertz CT molecular complexity index is 1190. The lowest BCUT2D eigenvalue weighted by Gasteiger charge is -2.15. The standard InChI is InChI=1S/C24H23FN2O4S/c25-20-10-6-18(7-11-20)17-31-22-5-3-4-21(16-22)26-24(28)19-8-12-23(13-9-19)32(29,30)27-14-1-2-15-27/h3-13,16H,1-2,14-15,17H2,(H,26,28). The third-order valence-corrected chi connectivity index (χ3v) is 7.14. The molecule has 1 saturated heterocycles. The Morgan fingerprint density at radius 1 is 0.969 bits per heavy atom. The monoisotopic (exact) mass is 454 g/mol. The summed E-state index contributed by atoms with van der Waals surface area (Å²) in [4.78, 5) is 12.8. The fraction of sp³-hybridized carbons (Fsp3) is 0.208. The molecule has 166 valence electrons. The predicted molar refractivity (Wildman–Crippen MR) is 120 cm³/mol. The number of rotatable bonds is 7. The highest BCUT2D eigenvalue weighted by Gasteiger charge is 2.27. The van der Waals surface area contributed by atoms with Crippen LogP contribution in [-0.2, 0) is 16.6 Å². The summed E-state index contributed by atoms with van der Waals surface area (Å²) < 4.78 is 45.4. The van der Waals surface area contributed by atoms with E-state index in [9.17, 15) is 17.6 Å². The molecular formula is C24H23FN2O4S. The van der Waals surface area contributed by atoms with E-state index in [4.69, 9.17) is 4.74 Å². The maximum atomic E-state index is 13.0. The first-order valence-corrected chi connectivity index (χ1v) is 11.7. The summed E-state index contributed by atoms with van der Waals surface area (Å²) in [6.45, 7) is 1.33. The van der Waals surface area contributed by atoms with Gasteiger partial charge in [0.15, 0.2) is 0 Å². The smallest absolute Gasteiger partial charge is 0.255 e. The van der Waals surface area contributed by atoms with Crippen LogP contribution in [0.15, 0.2) is 77.7 Å². The Labute approximate surface area is 186 Å². The zero-order valence-corrected chi connectivity index (χ0v) is 18.1. The maximum absolute atomic E-state index is 13.0. The van der Waals surface area contributed by atoms with E-state index in [1.807, 2.05) is 0 Å². The van der Waals surface area contributed by atoms with Gasteiger partial charge in [-0.25, -0.2) is 12.8 Å². The molecule has 3 aromatic rings. The van der Waals surface area contributed by atoms with Crippen LogP contribution in [0, 0.1) is 5.82 Å². The van der Waals surface area contributed by atoms with E-state index >= 15 is 0 Å². The maximum Gasteiger partial charge on any atom is 0.255 e. The molecule has 0 unspecified atom stereocenters. The number of hydrogen-bond acceptors (Lipinski definition) is 4. The van der Waals surface area contributed by atoms with E-state index in [2.05, 4.69) is 5.32 Å². The Hall–Kier alpha value is -3.23. The number of nitrogens with one attached hydrogen (secondary N) is 1. The topological polar surface area (TPSA) is 75.7 Å². The summed E-state index contributed by atoms with van der Waals surface area (Å²) in [7, 11) is -3.51.